The van der Waals surface area contributed by atoms with Gasteiger partial charge < -0.3 is 24.8 Å². The molecule has 0 spiro atoms. The Kier molecular flexibility index (Phi) is 10.7. The summed E-state index contributed by atoms with van der Waals surface area (Å²) < 4.78 is 5.56. The molecule has 5 amide bonds. The summed E-state index contributed by atoms with van der Waals surface area (Å²) in [5, 5.41) is 12.7. The van der Waals surface area contributed by atoms with Crippen LogP contribution in [0.5, 0.6) is 0 Å². The number of amides is 5. The summed E-state index contributed by atoms with van der Waals surface area (Å²) in [5.74, 6) is -0.772. The summed E-state index contributed by atoms with van der Waals surface area (Å²) in [4.78, 5) is 74.6. The first-order valence-corrected chi connectivity index (χ1v) is 20.5. The van der Waals surface area contributed by atoms with Gasteiger partial charge in [0.05, 0.1) is 18.8 Å². The Labute approximate surface area is 342 Å². The summed E-state index contributed by atoms with van der Waals surface area (Å²) in [6.45, 7) is 7.76. The molecule has 6 heterocycles. The number of H-pyrrole nitrogens is 1. The minimum atomic E-state index is -0.708. The number of carbonyl (C=O) groups is 5. The van der Waals surface area contributed by atoms with E-state index in [-0.39, 0.29) is 36.0 Å². The largest absolute Gasteiger partial charge is 0.371 e. The number of fused-ring (bicyclic) bond motifs is 2. The molecule has 15 nitrogen and oxygen atoms in total. The van der Waals surface area contributed by atoms with E-state index in [1.54, 1.807) is 9.80 Å². The van der Waals surface area contributed by atoms with Crippen LogP contribution >= 0.6 is 0 Å². The lowest BCUT2D eigenvalue weighted by atomic mass is 10.0. The predicted octanol–water partition coefficient (Wildman–Crippen LogP) is 3.44. The van der Waals surface area contributed by atoms with Crippen molar-refractivity contribution in [3.63, 3.8) is 0 Å². The molecule has 0 radical (unpaired) electrons. The maximum absolute atomic E-state index is 13.4. The fourth-order valence-electron chi connectivity index (χ4n) is 9.34. The highest BCUT2D eigenvalue weighted by molar-refractivity contribution is 6.06. The second kappa shape index (κ2) is 16.4. The molecule has 3 fully saturated rings. The van der Waals surface area contributed by atoms with Crippen molar-refractivity contribution >= 4 is 41.0 Å². The minimum Gasteiger partial charge on any atom is -0.371 e. The van der Waals surface area contributed by atoms with Crippen LogP contribution in [0.25, 0.3) is 0 Å². The van der Waals surface area contributed by atoms with E-state index in [1.165, 1.54) is 7.11 Å². The summed E-state index contributed by atoms with van der Waals surface area (Å²) in [6.07, 6.45) is 2.05. The van der Waals surface area contributed by atoms with E-state index in [2.05, 4.69) is 41.6 Å². The second-order valence-electron chi connectivity index (χ2n) is 16.2. The highest BCUT2D eigenvalue weighted by atomic mass is 16.5. The topological polar surface area (TPSA) is 164 Å². The van der Waals surface area contributed by atoms with E-state index in [9.17, 15) is 24.0 Å². The SMILES string of the molecule is COC(C(=O)N1Cc2[nH]nc(NC(=O)c3ccc(N4CCC(N5CCN(Cc6ccc7c(c6)CN(C6CCC(=O)NC6=O)C7=O)CC5)CC4)cc3)c2C1)c1ccccc1. The number of ether oxygens (including phenoxy) is 1. The maximum Gasteiger partial charge on any atom is 0.256 e. The van der Waals surface area contributed by atoms with Crippen LogP contribution in [0.1, 0.15) is 80.5 Å². The van der Waals surface area contributed by atoms with Crippen molar-refractivity contribution in [3.05, 3.63) is 112 Å². The third-order valence-corrected chi connectivity index (χ3v) is 12.6. The third-order valence-electron chi connectivity index (χ3n) is 12.6. The zero-order chi connectivity index (χ0) is 40.6. The van der Waals surface area contributed by atoms with Gasteiger partial charge in [-0.2, -0.15) is 5.10 Å². The zero-order valence-corrected chi connectivity index (χ0v) is 33.2. The normalized spacial score (nSPS) is 20.7. The Bertz CT molecular complexity index is 2250. The van der Waals surface area contributed by atoms with Gasteiger partial charge in [-0.25, -0.2) is 0 Å². The molecule has 2 unspecified atom stereocenters. The Morgan fingerprint density at radius 2 is 1.64 bits per heavy atom. The number of hydrogen-bond donors (Lipinski definition) is 3. The Morgan fingerprint density at radius 3 is 2.37 bits per heavy atom. The molecule has 3 N–H and O–H groups in total. The lowest BCUT2D eigenvalue weighted by Gasteiger charge is -2.43. The molecule has 5 aliphatic heterocycles. The summed E-state index contributed by atoms with van der Waals surface area (Å²) in [7, 11) is 1.53. The van der Waals surface area contributed by atoms with Gasteiger partial charge in [0.2, 0.25) is 11.8 Å². The number of carbonyl (C=O) groups excluding carboxylic acids is 5. The molecular weight excluding hydrogens is 751 g/mol. The number of imide groups is 1. The van der Waals surface area contributed by atoms with Gasteiger partial charge in [-0.3, -0.25) is 44.2 Å². The summed E-state index contributed by atoms with van der Waals surface area (Å²) >= 11 is 0. The van der Waals surface area contributed by atoms with Gasteiger partial charge in [-0.1, -0.05) is 42.5 Å². The smallest absolute Gasteiger partial charge is 0.256 e. The molecule has 2 atom stereocenters. The molecule has 0 bridgehead atoms. The van der Waals surface area contributed by atoms with Crippen LogP contribution in [0.3, 0.4) is 0 Å². The standard InChI is InChI=1S/C44H49N9O6/c1-59-39(29-5-3-2-4-6-29)44(58)52-26-35-36(27-52)47-48-40(35)46-41(55)30-8-10-32(11-9-30)50-17-15-33(16-18-50)51-21-19-49(20-22-51)24-28-7-12-34-31(23-28)25-53(43(34)57)37-13-14-38(54)45-42(37)56/h2-12,23,33,37,39H,13-22,24-27H2,1H3,(H,45,54,56)(H2,46,47,48,55). The molecule has 15 heteroatoms. The zero-order valence-electron chi connectivity index (χ0n) is 33.2. The van der Waals surface area contributed by atoms with Gasteiger partial charge in [-0.15, -0.1) is 0 Å². The monoisotopic (exact) mass is 799 g/mol. The quantitative estimate of drug-likeness (QED) is 0.203. The molecule has 3 saturated heterocycles. The Morgan fingerprint density at radius 1 is 0.881 bits per heavy atom. The fourth-order valence-corrected chi connectivity index (χ4v) is 9.34. The van der Waals surface area contributed by atoms with Crippen LogP contribution in [-0.2, 0) is 45.3 Å². The molecule has 1 aromatic heterocycles. The van der Waals surface area contributed by atoms with Crippen LogP contribution in [0, 0.1) is 0 Å². The maximum atomic E-state index is 13.4. The fraction of sp³-hybridized carbons (Fsp3) is 0.409. The average Bonchev–Trinajstić information content (AvgIpc) is 3.95. The van der Waals surface area contributed by atoms with Gasteiger partial charge in [0, 0.05) is 94.3 Å². The van der Waals surface area contributed by atoms with Crippen LogP contribution in [0.4, 0.5) is 11.5 Å². The van der Waals surface area contributed by atoms with E-state index in [4.69, 9.17) is 4.74 Å². The predicted molar refractivity (Wildman–Crippen MR) is 218 cm³/mol. The number of hydrogen-bond acceptors (Lipinski definition) is 10. The highest BCUT2D eigenvalue weighted by Crippen LogP contribution is 2.32. The molecular formula is C44H49N9O6. The molecule has 0 saturated carbocycles. The molecule has 306 valence electrons. The van der Waals surface area contributed by atoms with E-state index >= 15 is 0 Å². The van der Waals surface area contributed by atoms with Gasteiger partial charge in [0.25, 0.3) is 17.7 Å². The lowest BCUT2D eigenvalue weighted by Crippen LogP contribution is -2.53. The van der Waals surface area contributed by atoms with Gasteiger partial charge >= 0.3 is 0 Å². The molecule has 0 aliphatic carbocycles. The second-order valence-corrected chi connectivity index (χ2v) is 16.2. The van der Waals surface area contributed by atoms with Crippen molar-refractivity contribution in [2.75, 3.05) is 56.6 Å². The van der Waals surface area contributed by atoms with Crippen LogP contribution < -0.4 is 15.5 Å². The number of rotatable bonds is 10. The molecule has 9 rings (SSSR count). The molecule has 59 heavy (non-hydrogen) atoms. The number of piperidine rings is 2. The van der Waals surface area contributed by atoms with E-state index in [0.29, 0.717) is 49.0 Å². The number of benzene rings is 3. The Balaban J connectivity index is 0.722. The van der Waals surface area contributed by atoms with Crippen LogP contribution in [0.2, 0.25) is 0 Å². The third kappa shape index (κ3) is 7.85. The summed E-state index contributed by atoms with van der Waals surface area (Å²) in [5.41, 5.74) is 6.78. The highest BCUT2D eigenvalue weighted by Gasteiger charge is 2.39. The van der Waals surface area contributed by atoms with Crippen molar-refractivity contribution in [2.24, 2.45) is 0 Å². The van der Waals surface area contributed by atoms with Gasteiger partial charge in [-0.05, 0) is 66.3 Å². The molecule has 4 aromatic rings. The van der Waals surface area contributed by atoms with E-state index in [0.717, 1.165) is 92.3 Å². The number of methoxy groups -OCH3 is 1. The number of aromatic nitrogens is 2. The first-order chi connectivity index (χ1) is 28.7. The van der Waals surface area contributed by atoms with E-state index in [1.807, 2.05) is 66.7 Å². The number of aromatic amines is 1. The van der Waals surface area contributed by atoms with Crippen LogP contribution in [-0.4, -0.2) is 118 Å². The number of anilines is 2. The molecule has 3 aromatic carbocycles. The van der Waals surface area contributed by atoms with Crippen LogP contribution in [0.15, 0.2) is 72.8 Å². The minimum absolute atomic E-state index is 0.139. The van der Waals surface area contributed by atoms with Gasteiger partial charge in [0.1, 0.15) is 6.04 Å². The van der Waals surface area contributed by atoms with Gasteiger partial charge in [0.15, 0.2) is 11.9 Å². The summed E-state index contributed by atoms with van der Waals surface area (Å²) in [6, 6.07) is 23.1. The lowest BCUT2D eigenvalue weighted by molar-refractivity contribution is -0.143. The van der Waals surface area contributed by atoms with Crippen molar-refractivity contribution < 1.29 is 28.7 Å². The first kappa shape index (κ1) is 38.6. The number of piperazine rings is 1. The average molecular weight is 800 g/mol. The Hall–Kier alpha value is -5.90. The first-order valence-electron chi connectivity index (χ1n) is 20.5. The van der Waals surface area contributed by atoms with Crippen molar-refractivity contribution in [1.29, 1.82) is 0 Å². The van der Waals surface area contributed by atoms with E-state index < -0.39 is 12.1 Å². The van der Waals surface area contributed by atoms with Crippen molar-refractivity contribution in [2.45, 2.75) is 70.0 Å². The number of nitrogens with zero attached hydrogens (tertiary/aromatic N) is 6. The molecule has 5 aliphatic rings. The van der Waals surface area contributed by atoms with Crippen molar-refractivity contribution in [1.82, 2.24) is 35.1 Å². The number of nitrogens with one attached hydrogen (secondary N) is 3. The van der Waals surface area contributed by atoms with Crippen molar-refractivity contribution in [3.8, 4) is 0 Å².